The third-order valence-corrected chi connectivity index (χ3v) is 4.87. The zero-order chi connectivity index (χ0) is 15.9. The van der Waals surface area contributed by atoms with Crippen molar-refractivity contribution in [1.29, 1.82) is 0 Å². The van der Waals surface area contributed by atoms with E-state index < -0.39 is 9.84 Å². The Hall–Kier alpha value is -1.27. The minimum atomic E-state index is -2.94. The summed E-state index contributed by atoms with van der Waals surface area (Å²) in [6.45, 7) is 3.94. The molecule has 0 aromatic heterocycles. The Bertz CT molecular complexity index is 541. The molecule has 1 aromatic rings. The molecule has 0 spiro atoms. The van der Waals surface area contributed by atoms with Crippen molar-refractivity contribution < 1.29 is 17.9 Å². The molecule has 120 valence electrons. The van der Waals surface area contributed by atoms with Crippen molar-refractivity contribution in [2.24, 2.45) is 5.73 Å². The standard InChI is InChI=1S/C15H25NO4S/c1-4-21(17,18)9-5-8-20-15-11-13(10-12(2)16)6-7-14(15)19-3/h6-7,11-12H,4-5,8-10,16H2,1-3H3. The molecule has 0 fully saturated rings. The van der Waals surface area contributed by atoms with Crippen LogP contribution in [-0.4, -0.2) is 39.7 Å². The zero-order valence-corrected chi connectivity index (χ0v) is 13.8. The number of nitrogens with two attached hydrogens (primary N) is 1. The van der Waals surface area contributed by atoms with Gasteiger partial charge < -0.3 is 15.2 Å². The minimum Gasteiger partial charge on any atom is -0.493 e. The SMILES string of the molecule is CCS(=O)(=O)CCCOc1cc(CC(C)N)ccc1OC. The maximum atomic E-state index is 11.4. The van der Waals surface area contributed by atoms with Crippen molar-refractivity contribution in [3.8, 4) is 11.5 Å². The fourth-order valence-electron chi connectivity index (χ4n) is 1.94. The Kier molecular flexibility index (Phi) is 6.98. The maximum absolute atomic E-state index is 11.4. The molecule has 2 N–H and O–H groups in total. The minimum absolute atomic E-state index is 0.0703. The van der Waals surface area contributed by atoms with E-state index in [-0.39, 0.29) is 17.5 Å². The van der Waals surface area contributed by atoms with E-state index in [1.54, 1.807) is 14.0 Å². The van der Waals surface area contributed by atoms with E-state index in [1.807, 2.05) is 25.1 Å². The fourth-order valence-corrected chi connectivity index (χ4v) is 2.78. The van der Waals surface area contributed by atoms with Crippen molar-refractivity contribution in [2.45, 2.75) is 32.7 Å². The fraction of sp³-hybridized carbons (Fsp3) is 0.600. The molecular formula is C15H25NO4S. The number of sulfone groups is 1. The number of ether oxygens (including phenoxy) is 2. The highest BCUT2D eigenvalue weighted by molar-refractivity contribution is 7.91. The van der Waals surface area contributed by atoms with Gasteiger partial charge in [0.25, 0.3) is 0 Å². The van der Waals surface area contributed by atoms with Crippen LogP contribution in [0.1, 0.15) is 25.8 Å². The first-order valence-electron chi connectivity index (χ1n) is 7.13. The molecule has 0 saturated heterocycles. The Labute approximate surface area is 127 Å². The van der Waals surface area contributed by atoms with Crippen LogP contribution in [0.5, 0.6) is 11.5 Å². The summed E-state index contributed by atoms with van der Waals surface area (Å²) in [4.78, 5) is 0. The lowest BCUT2D eigenvalue weighted by molar-refractivity contribution is 0.294. The Morgan fingerprint density at radius 2 is 2.00 bits per heavy atom. The number of hydrogen-bond acceptors (Lipinski definition) is 5. The molecule has 6 heteroatoms. The smallest absolute Gasteiger partial charge is 0.161 e. The van der Waals surface area contributed by atoms with Crippen molar-refractivity contribution in [2.75, 3.05) is 25.2 Å². The monoisotopic (exact) mass is 315 g/mol. The van der Waals surface area contributed by atoms with E-state index in [9.17, 15) is 8.42 Å². The van der Waals surface area contributed by atoms with Crippen LogP contribution in [-0.2, 0) is 16.3 Å². The van der Waals surface area contributed by atoms with Gasteiger partial charge in [-0.25, -0.2) is 8.42 Å². The lowest BCUT2D eigenvalue weighted by atomic mass is 10.1. The lowest BCUT2D eigenvalue weighted by Gasteiger charge is -2.13. The molecule has 1 unspecified atom stereocenters. The van der Waals surface area contributed by atoms with Crippen molar-refractivity contribution in [3.05, 3.63) is 23.8 Å². The van der Waals surface area contributed by atoms with E-state index >= 15 is 0 Å². The summed E-state index contributed by atoms with van der Waals surface area (Å²) >= 11 is 0. The molecule has 0 aliphatic rings. The molecule has 1 atom stereocenters. The average Bonchev–Trinajstić information content (AvgIpc) is 2.43. The van der Waals surface area contributed by atoms with Gasteiger partial charge in [0.05, 0.1) is 19.5 Å². The van der Waals surface area contributed by atoms with Gasteiger partial charge in [0.15, 0.2) is 11.5 Å². The second kappa shape index (κ2) is 8.24. The maximum Gasteiger partial charge on any atom is 0.161 e. The van der Waals surface area contributed by atoms with Crippen molar-refractivity contribution in [1.82, 2.24) is 0 Å². The summed E-state index contributed by atoms with van der Waals surface area (Å²) in [7, 11) is -1.36. The van der Waals surface area contributed by atoms with E-state index in [0.29, 0.717) is 24.5 Å². The molecule has 1 aromatic carbocycles. The molecule has 0 aliphatic carbocycles. The second-order valence-corrected chi connectivity index (χ2v) is 7.58. The summed E-state index contributed by atoms with van der Waals surface area (Å²) in [5, 5.41) is 0. The van der Waals surface area contributed by atoms with Gasteiger partial charge in [-0.2, -0.15) is 0 Å². The van der Waals surface area contributed by atoms with Gasteiger partial charge in [0, 0.05) is 11.8 Å². The first-order chi connectivity index (χ1) is 9.88. The van der Waals surface area contributed by atoms with Crippen LogP contribution in [0.25, 0.3) is 0 Å². The predicted molar refractivity (Wildman–Crippen MR) is 84.8 cm³/mol. The highest BCUT2D eigenvalue weighted by atomic mass is 32.2. The summed E-state index contributed by atoms with van der Waals surface area (Å²) in [5.74, 6) is 1.58. The molecule has 0 heterocycles. The molecule has 0 amide bonds. The second-order valence-electron chi connectivity index (χ2n) is 5.11. The molecular weight excluding hydrogens is 290 g/mol. The predicted octanol–water partition coefficient (Wildman–Crippen LogP) is 1.79. The van der Waals surface area contributed by atoms with Crippen molar-refractivity contribution >= 4 is 9.84 Å². The van der Waals surface area contributed by atoms with Crippen LogP contribution in [0, 0.1) is 0 Å². The summed E-state index contributed by atoms with van der Waals surface area (Å²) in [6, 6.07) is 5.77. The van der Waals surface area contributed by atoms with Crippen LogP contribution < -0.4 is 15.2 Å². The third kappa shape index (κ3) is 6.35. The zero-order valence-electron chi connectivity index (χ0n) is 13.0. The van der Waals surface area contributed by atoms with E-state index in [4.69, 9.17) is 15.2 Å². The van der Waals surface area contributed by atoms with Gasteiger partial charge in [-0.05, 0) is 37.5 Å². The Morgan fingerprint density at radius 1 is 1.29 bits per heavy atom. The van der Waals surface area contributed by atoms with Gasteiger partial charge in [-0.3, -0.25) is 0 Å². The highest BCUT2D eigenvalue weighted by Crippen LogP contribution is 2.28. The first-order valence-corrected chi connectivity index (χ1v) is 8.95. The number of benzene rings is 1. The van der Waals surface area contributed by atoms with Crippen molar-refractivity contribution in [3.63, 3.8) is 0 Å². The van der Waals surface area contributed by atoms with E-state index in [0.717, 1.165) is 12.0 Å². The molecule has 0 bridgehead atoms. The number of methoxy groups -OCH3 is 1. The van der Waals surface area contributed by atoms with Crippen LogP contribution in [0.2, 0.25) is 0 Å². The lowest BCUT2D eigenvalue weighted by Crippen LogP contribution is -2.17. The van der Waals surface area contributed by atoms with Gasteiger partial charge in [0.1, 0.15) is 9.84 Å². The average molecular weight is 315 g/mol. The third-order valence-electron chi connectivity index (χ3n) is 3.08. The normalized spacial score (nSPS) is 13.0. The van der Waals surface area contributed by atoms with Gasteiger partial charge in [0.2, 0.25) is 0 Å². The van der Waals surface area contributed by atoms with E-state index in [1.165, 1.54) is 0 Å². The Balaban J connectivity index is 2.63. The molecule has 0 aliphatic heterocycles. The first kappa shape index (κ1) is 17.8. The van der Waals surface area contributed by atoms with Gasteiger partial charge in [-0.15, -0.1) is 0 Å². The van der Waals surface area contributed by atoms with Crippen LogP contribution in [0.15, 0.2) is 18.2 Å². The van der Waals surface area contributed by atoms with Gasteiger partial charge >= 0.3 is 0 Å². The molecule has 0 radical (unpaired) electrons. The molecule has 5 nitrogen and oxygen atoms in total. The molecule has 21 heavy (non-hydrogen) atoms. The van der Waals surface area contributed by atoms with Crippen LogP contribution in [0.4, 0.5) is 0 Å². The topological polar surface area (TPSA) is 78.6 Å². The molecule has 0 saturated carbocycles. The summed E-state index contributed by atoms with van der Waals surface area (Å²) in [6.07, 6.45) is 1.22. The summed E-state index contributed by atoms with van der Waals surface area (Å²) < 4.78 is 33.7. The van der Waals surface area contributed by atoms with Crippen LogP contribution in [0.3, 0.4) is 0 Å². The number of rotatable bonds is 9. The largest absolute Gasteiger partial charge is 0.493 e. The van der Waals surface area contributed by atoms with E-state index in [2.05, 4.69) is 0 Å². The quantitative estimate of drug-likeness (QED) is 0.703. The summed E-state index contributed by atoms with van der Waals surface area (Å²) in [5.41, 5.74) is 6.86. The van der Waals surface area contributed by atoms with Crippen LogP contribution >= 0.6 is 0 Å². The number of hydrogen-bond donors (Lipinski definition) is 1. The Morgan fingerprint density at radius 3 is 2.57 bits per heavy atom. The van der Waals surface area contributed by atoms with Gasteiger partial charge in [-0.1, -0.05) is 13.0 Å². The highest BCUT2D eigenvalue weighted by Gasteiger charge is 2.09. The molecule has 1 rings (SSSR count).